The van der Waals surface area contributed by atoms with Gasteiger partial charge < -0.3 is 19.6 Å². The third-order valence-electron chi connectivity index (χ3n) is 5.70. The van der Waals surface area contributed by atoms with Crippen molar-refractivity contribution < 1.29 is 23.9 Å². The van der Waals surface area contributed by atoms with E-state index >= 15 is 0 Å². The highest BCUT2D eigenvalue weighted by Gasteiger charge is 2.45. The van der Waals surface area contributed by atoms with Crippen molar-refractivity contribution in [3.8, 4) is 0 Å². The van der Waals surface area contributed by atoms with Gasteiger partial charge in [-0.1, -0.05) is 65.8 Å². The topological polar surface area (TPSA) is 84.9 Å². The molecule has 1 rings (SSSR count). The first-order valence-corrected chi connectivity index (χ1v) is 13.3. The minimum absolute atomic E-state index is 0.0444. The van der Waals surface area contributed by atoms with E-state index < -0.39 is 31.9 Å². The fraction of sp³-hybridized carbons (Fsp3) is 0.667. The highest BCUT2D eigenvalue weighted by Crippen LogP contribution is 2.42. The number of hydrogen-bond acceptors (Lipinski definition) is 4. The van der Waals surface area contributed by atoms with Crippen LogP contribution in [-0.4, -0.2) is 37.6 Å². The van der Waals surface area contributed by atoms with Crippen LogP contribution >= 0.6 is 0 Å². The van der Waals surface area contributed by atoms with Gasteiger partial charge in [-0.2, -0.15) is 0 Å². The summed E-state index contributed by atoms with van der Waals surface area (Å²) < 4.78 is 11.9. The van der Waals surface area contributed by atoms with Crippen molar-refractivity contribution >= 4 is 20.4 Å². The van der Waals surface area contributed by atoms with Crippen LogP contribution < -0.4 is 5.32 Å². The van der Waals surface area contributed by atoms with Gasteiger partial charge in [-0.25, -0.2) is 4.79 Å². The second-order valence-electron chi connectivity index (χ2n) is 10.1. The summed E-state index contributed by atoms with van der Waals surface area (Å²) in [4.78, 5) is 23.8. The number of carboxylic acids is 1. The van der Waals surface area contributed by atoms with Gasteiger partial charge in [-0.05, 0) is 48.5 Å². The van der Waals surface area contributed by atoms with Crippen molar-refractivity contribution in [2.24, 2.45) is 0 Å². The lowest BCUT2D eigenvalue weighted by molar-refractivity contribution is -0.138. The molecule has 7 heteroatoms. The standard InChI is InChI=1S/C24H41NO5Si/c1-16(2)31(17(3)4,18(5)6)29-15-19-11-10-12-20(13-19)21(22(26)27)14-25-23(28)30-24(7,8)9/h10-13,16-18,21H,14-15H2,1-9H3,(H,25,28)(H,26,27). The summed E-state index contributed by atoms with van der Waals surface area (Å²) in [6.45, 7) is 19.2. The zero-order valence-corrected chi connectivity index (χ0v) is 21.6. The maximum absolute atomic E-state index is 11.9. The van der Waals surface area contributed by atoms with Gasteiger partial charge in [0.25, 0.3) is 0 Å². The summed E-state index contributed by atoms with van der Waals surface area (Å²) in [6, 6.07) is 7.46. The number of alkyl carbamates (subject to hydrolysis) is 1. The SMILES string of the molecule is CC(C)[Si](OCc1cccc(C(CNC(=O)OC(C)(C)C)C(=O)O)c1)(C(C)C)C(C)C. The average molecular weight is 452 g/mol. The molecule has 1 amide bonds. The lowest BCUT2D eigenvalue weighted by Gasteiger charge is -2.42. The van der Waals surface area contributed by atoms with E-state index in [2.05, 4.69) is 46.9 Å². The molecule has 1 atom stereocenters. The predicted molar refractivity (Wildman–Crippen MR) is 127 cm³/mol. The molecule has 0 saturated heterocycles. The summed E-state index contributed by atoms with van der Waals surface area (Å²) in [5.74, 6) is -1.86. The molecule has 0 aliphatic carbocycles. The van der Waals surface area contributed by atoms with Gasteiger partial charge in [0.1, 0.15) is 5.60 Å². The molecule has 176 valence electrons. The van der Waals surface area contributed by atoms with Crippen LogP contribution in [0.1, 0.15) is 79.4 Å². The molecule has 0 heterocycles. The van der Waals surface area contributed by atoms with Gasteiger partial charge in [0.15, 0.2) is 0 Å². The lowest BCUT2D eigenvalue weighted by atomic mass is 9.97. The van der Waals surface area contributed by atoms with Crippen LogP contribution in [0.3, 0.4) is 0 Å². The van der Waals surface area contributed by atoms with Crippen molar-refractivity contribution in [1.29, 1.82) is 0 Å². The minimum atomic E-state index is -2.02. The van der Waals surface area contributed by atoms with E-state index in [1.165, 1.54) is 0 Å². The van der Waals surface area contributed by atoms with Crippen LogP contribution in [0, 0.1) is 0 Å². The molecule has 31 heavy (non-hydrogen) atoms. The average Bonchev–Trinajstić information content (AvgIpc) is 2.60. The van der Waals surface area contributed by atoms with E-state index in [4.69, 9.17) is 9.16 Å². The molecule has 0 aromatic heterocycles. The van der Waals surface area contributed by atoms with Gasteiger partial charge in [-0.15, -0.1) is 0 Å². The van der Waals surface area contributed by atoms with Crippen molar-refractivity contribution in [3.05, 3.63) is 35.4 Å². The molecule has 1 aromatic rings. The van der Waals surface area contributed by atoms with Crippen LogP contribution in [0.25, 0.3) is 0 Å². The zero-order valence-electron chi connectivity index (χ0n) is 20.6. The lowest BCUT2D eigenvalue weighted by Crippen LogP contribution is -2.47. The highest BCUT2D eigenvalue weighted by molar-refractivity contribution is 6.77. The van der Waals surface area contributed by atoms with E-state index in [1.54, 1.807) is 26.8 Å². The number of carbonyl (C=O) groups excluding carboxylic acids is 1. The number of hydrogen-bond donors (Lipinski definition) is 2. The Morgan fingerprint density at radius 2 is 1.58 bits per heavy atom. The first-order chi connectivity index (χ1) is 14.2. The van der Waals surface area contributed by atoms with Crippen molar-refractivity contribution in [2.45, 2.75) is 97.1 Å². The normalized spacial score (nSPS) is 13.5. The molecule has 0 fully saturated rings. The van der Waals surface area contributed by atoms with Gasteiger partial charge in [0, 0.05) is 6.54 Å². The molecule has 1 aromatic carbocycles. The Labute approximate surface area is 188 Å². The fourth-order valence-corrected chi connectivity index (χ4v) is 9.87. The number of carbonyl (C=O) groups is 2. The second-order valence-corrected chi connectivity index (χ2v) is 15.6. The molecule has 0 spiro atoms. The van der Waals surface area contributed by atoms with Crippen molar-refractivity contribution in [3.63, 3.8) is 0 Å². The summed E-state index contributed by atoms with van der Waals surface area (Å²) in [5, 5.41) is 12.3. The quantitative estimate of drug-likeness (QED) is 0.422. The van der Waals surface area contributed by atoms with E-state index in [1.807, 2.05) is 18.2 Å². The summed E-state index contributed by atoms with van der Waals surface area (Å²) >= 11 is 0. The third kappa shape index (κ3) is 7.65. The summed E-state index contributed by atoms with van der Waals surface area (Å²) in [6.07, 6.45) is -0.625. The molecule has 0 radical (unpaired) electrons. The first-order valence-electron chi connectivity index (χ1n) is 11.1. The van der Waals surface area contributed by atoms with Crippen LogP contribution in [0.5, 0.6) is 0 Å². The molecule has 2 N–H and O–H groups in total. The number of carboxylic acid groups (broad SMARTS) is 1. The molecule has 6 nitrogen and oxygen atoms in total. The molecular weight excluding hydrogens is 410 g/mol. The van der Waals surface area contributed by atoms with Crippen molar-refractivity contribution in [2.75, 3.05) is 6.54 Å². The molecular formula is C24H41NO5Si. The zero-order chi connectivity index (χ0) is 24.0. The van der Waals surface area contributed by atoms with Crippen LogP contribution in [0.15, 0.2) is 24.3 Å². The minimum Gasteiger partial charge on any atom is -0.481 e. The Morgan fingerprint density at radius 1 is 1.03 bits per heavy atom. The Hall–Kier alpha value is -1.86. The molecule has 0 bridgehead atoms. The number of rotatable bonds is 10. The monoisotopic (exact) mass is 451 g/mol. The second kappa shape index (κ2) is 11.1. The maximum atomic E-state index is 11.9. The van der Waals surface area contributed by atoms with Gasteiger partial charge in [0.05, 0.1) is 12.5 Å². The number of benzene rings is 1. The number of amides is 1. The molecule has 0 aliphatic heterocycles. The van der Waals surface area contributed by atoms with E-state index in [9.17, 15) is 14.7 Å². The van der Waals surface area contributed by atoms with Crippen LogP contribution in [0.2, 0.25) is 16.6 Å². The first kappa shape index (κ1) is 27.2. The van der Waals surface area contributed by atoms with Crippen molar-refractivity contribution in [1.82, 2.24) is 5.32 Å². The number of aliphatic carboxylic acids is 1. The Bertz CT molecular complexity index is 718. The third-order valence-corrected chi connectivity index (χ3v) is 11.8. The number of ether oxygens (including phenoxy) is 1. The van der Waals surface area contributed by atoms with E-state index in [0.717, 1.165) is 5.56 Å². The Morgan fingerprint density at radius 3 is 2.03 bits per heavy atom. The largest absolute Gasteiger partial charge is 0.481 e. The smallest absolute Gasteiger partial charge is 0.407 e. The summed E-state index contributed by atoms with van der Waals surface area (Å²) in [7, 11) is -2.02. The molecule has 0 aliphatic rings. The molecule has 0 saturated carbocycles. The summed E-state index contributed by atoms with van der Waals surface area (Å²) in [5.41, 5.74) is 2.36. The van der Waals surface area contributed by atoms with Crippen LogP contribution in [-0.2, 0) is 20.6 Å². The Balaban J connectivity index is 2.99. The predicted octanol–water partition coefficient (Wildman–Crippen LogP) is 6.07. The van der Waals surface area contributed by atoms with E-state index in [0.29, 0.717) is 28.8 Å². The van der Waals surface area contributed by atoms with Gasteiger partial charge in [0.2, 0.25) is 8.32 Å². The van der Waals surface area contributed by atoms with E-state index in [-0.39, 0.29) is 6.54 Å². The highest BCUT2D eigenvalue weighted by atomic mass is 28.4. The van der Waals surface area contributed by atoms with Crippen LogP contribution in [0.4, 0.5) is 4.79 Å². The van der Waals surface area contributed by atoms with Gasteiger partial charge in [-0.3, -0.25) is 4.79 Å². The maximum Gasteiger partial charge on any atom is 0.407 e. The number of nitrogens with one attached hydrogen (secondary N) is 1. The molecule has 1 unspecified atom stereocenters. The fourth-order valence-electron chi connectivity index (χ4n) is 4.46. The Kier molecular flexibility index (Phi) is 9.76. The van der Waals surface area contributed by atoms with Gasteiger partial charge >= 0.3 is 12.1 Å².